The van der Waals surface area contributed by atoms with Gasteiger partial charge in [0.05, 0.1) is 11.3 Å². The molecule has 1 saturated heterocycles. The summed E-state index contributed by atoms with van der Waals surface area (Å²) in [6, 6.07) is 9.62. The molecule has 7 N–H and O–H groups in total. The maximum Gasteiger partial charge on any atom is 0.340 e. The quantitative estimate of drug-likeness (QED) is 0.242. The molecule has 0 aliphatic carbocycles. The highest BCUT2D eigenvalue weighted by molar-refractivity contribution is 7.89. The van der Waals surface area contributed by atoms with Crippen LogP contribution in [0.15, 0.2) is 47.4 Å². The number of sulfonamides is 1. The number of nitrogens with two attached hydrogens (primary N) is 1. The predicted octanol–water partition coefficient (Wildman–Crippen LogP) is -0.866. The van der Waals surface area contributed by atoms with E-state index >= 15 is 0 Å². The summed E-state index contributed by atoms with van der Waals surface area (Å²) in [5.41, 5.74) is -0.805. The molecule has 194 valence electrons. The van der Waals surface area contributed by atoms with Gasteiger partial charge in [-0.25, -0.2) is 23.1 Å². The molecule has 2 aromatic carbocycles. The zero-order valence-electron chi connectivity index (χ0n) is 18.5. The molecule has 36 heavy (non-hydrogen) atoms. The van der Waals surface area contributed by atoms with Crippen LogP contribution < -0.4 is 15.2 Å². The van der Waals surface area contributed by atoms with Gasteiger partial charge in [-0.05, 0) is 24.3 Å². The highest BCUT2D eigenvalue weighted by atomic mass is 32.2. The van der Waals surface area contributed by atoms with Gasteiger partial charge in [0.25, 0.3) is 0 Å². The number of para-hydroxylation sites is 1. The number of hydrogen-bond donors (Lipinski definition) is 6. The Balaban J connectivity index is 2.03. The molecule has 15 heteroatoms. The van der Waals surface area contributed by atoms with Crippen LogP contribution in [-0.4, -0.2) is 77.4 Å². The van der Waals surface area contributed by atoms with Crippen molar-refractivity contribution < 1.29 is 57.4 Å². The predicted molar refractivity (Wildman–Crippen MR) is 118 cm³/mol. The highest BCUT2D eigenvalue weighted by Crippen LogP contribution is 2.37. The SMILES string of the molecule is CC(=O)Nc1cc(C(=O)OC2OC(C(=O)O)C(O)C(O)C2O)cc(S(N)(=O)=O)c1Oc1ccccc1. The molecule has 2 aromatic rings. The molecule has 0 bridgehead atoms. The smallest absolute Gasteiger partial charge is 0.340 e. The Labute approximate surface area is 203 Å². The van der Waals surface area contributed by atoms with Crippen LogP contribution in [0.1, 0.15) is 17.3 Å². The van der Waals surface area contributed by atoms with Gasteiger partial charge in [0.1, 0.15) is 29.0 Å². The fraction of sp³-hybridized carbons (Fsp3) is 0.286. The highest BCUT2D eigenvalue weighted by Gasteiger charge is 2.48. The molecular weight excluding hydrogens is 504 g/mol. The molecule has 0 saturated carbocycles. The fourth-order valence-corrected chi connectivity index (χ4v) is 3.95. The average Bonchev–Trinajstić information content (AvgIpc) is 2.79. The third-order valence-electron chi connectivity index (χ3n) is 4.91. The van der Waals surface area contributed by atoms with E-state index in [1.54, 1.807) is 18.2 Å². The van der Waals surface area contributed by atoms with Crippen molar-refractivity contribution in [3.63, 3.8) is 0 Å². The van der Waals surface area contributed by atoms with E-state index in [4.69, 9.17) is 24.5 Å². The number of rotatable bonds is 7. The molecular formula is C21H22N2O12S. The molecule has 14 nitrogen and oxygen atoms in total. The van der Waals surface area contributed by atoms with E-state index in [9.17, 15) is 38.1 Å². The summed E-state index contributed by atoms with van der Waals surface area (Å²) >= 11 is 0. The second kappa shape index (κ2) is 10.6. The molecule has 3 rings (SSSR count). The van der Waals surface area contributed by atoms with Gasteiger partial charge in [0.2, 0.25) is 22.2 Å². The van der Waals surface area contributed by atoms with Crippen molar-refractivity contribution in [1.82, 2.24) is 0 Å². The number of carbonyl (C=O) groups is 3. The van der Waals surface area contributed by atoms with Crippen molar-refractivity contribution >= 4 is 33.6 Å². The van der Waals surface area contributed by atoms with Crippen LogP contribution in [0.4, 0.5) is 5.69 Å². The Morgan fingerprint density at radius 2 is 1.67 bits per heavy atom. The molecule has 1 amide bonds. The molecule has 1 fully saturated rings. The first-order chi connectivity index (χ1) is 16.8. The second-order valence-electron chi connectivity index (χ2n) is 7.63. The summed E-state index contributed by atoms with van der Waals surface area (Å²) in [7, 11) is -4.56. The van der Waals surface area contributed by atoms with E-state index in [1.807, 2.05) is 0 Å². The summed E-state index contributed by atoms with van der Waals surface area (Å²) in [6.07, 6.45) is -10.2. The number of aliphatic hydroxyl groups is 3. The zero-order valence-corrected chi connectivity index (χ0v) is 19.3. The normalized spacial score (nSPS) is 24.0. The third kappa shape index (κ3) is 5.96. The summed E-state index contributed by atoms with van der Waals surface area (Å²) in [5, 5.41) is 46.5. The fourth-order valence-electron chi connectivity index (χ4n) is 3.25. The van der Waals surface area contributed by atoms with Gasteiger partial charge >= 0.3 is 11.9 Å². The van der Waals surface area contributed by atoms with Crippen LogP contribution in [0, 0.1) is 0 Å². The lowest BCUT2D eigenvalue weighted by Gasteiger charge is -2.37. The van der Waals surface area contributed by atoms with Crippen LogP contribution in [0.5, 0.6) is 11.5 Å². The Hall–Kier alpha value is -3.60. The largest absolute Gasteiger partial charge is 0.479 e. The van der Waals surface area contributed by atoms with Crippen LogP contribution in [-0.2, 0) is 29.1 Å². The van der Waals surface area contributed by atoms with E-state index in [-0.39, 0.29) is 11.4 Å². The van der Waals surface area contributed by atoms with Crippen molar-refractivity contribution in [3.8, 4) is 11.5 Å². The number of carbonyl (C=O) groups excluding carboxylic acids is 2. The van der Waals surface area contributed by atoms with E-state index < -0.39 is 74.8 Å². The van der Waals surface area contributed by atoms with Gasteiger partial charge in [-0.3, -0.25) is 4.79 Å². The first-order valence-corrected chi connectivity index (χ1v) is 11.7. The monoisotopic (exact) mass is 526 g/mol. The van der Waals surface area contributed by atoms with Gasteiger partial charge in [0.15, 0.2) is 11.9 Å². The number of amides is 1. The van der Waals surface area contributed by atoms with Gasteiger partial charge in [-0.2, -0.15) is 0 Å². The standard InChI is InChI=1S/C21H22N2O12S/c1-9(24)23-12-7-10(8-13(36(22,31)32)17(12)33-11-5-3-2-4-6-11)20(30)35-21-16(27)14(25)15(26)18(34-21)19(28)29/h2-8,14-16,18,21,25-27H,1H3,(H,23,24)(H,28,29)(H2,22,31,32). The Bertz CT molecular complexity index is 1270. The van der Waals surface area contributed by atoms with Crippen LogP contribution in [0.3, 0.4) is 0 Å². The first kappa shape index (κ1) is 27.0. The number of aliphatic hydroxyl groups excluding tert-OH is 3. The number of carboxylic acid groups (broad SMARTS) is 1. The molecule has 1 aliphatic heterocycles. The number of anilines is 1. The van der Waals surface area contributed by atoms with E-state index in [1.165, 1.54) is 12.1 Å². The lowest BCUT2D eigenvalue weighted by atomic mass is 9.99. The van der Waals surface area contributed by atoms with Crippen molar-refractivity contribution in [3.05, 3.63) is 48.0 Å². The maximum absolute atomic E-state index is 12.8. The van der Waals surface area contributed by atoms with Gasteiger partial charge < -0.3 is 40.0 Å². The van der Waals surface area contributed by atoms with Crippen LogP contribution in [0.2, 0.25) is 0 Å². The Kier molecular flexibility index (Phi) is 7.92. The van der Waals surface area contributed by atoms with Crippen molar-refractivity contribution in [1.29, 1.82) is 0 Å². The van der Waals surface area contributed by atoms with Crippen molar-refractivity contribution in [2.24, 2.45) is 5.14 Å². The number of aliphatic carboxylic acids is 1. The molecule has 5 atom stereocenters. The number of esters is 1. The summed E-state index contributed by atoms with van der Waals surface area (Å²) < 4.78 is 40.1. The van der Waals surface area contributed by atoms with Gasteiger partial charge in [-0.15, -0.1) is 0 Å². The number of nitrogens with one attached hydrogen (secondary N) is 1. The topological polar surface area (TPSA) is 232 Å². The minimum absolute atomic E-state index is 0.176. The Morgan fingerprint density at radius 3 is 2.22 bits per heavy atom. The van der Waals surface area contributed by atoms with Gasteiger partial charge in [-0.1, -0.05) is 18.2 Å². The molecule has 5 unspecified atom stereocenters. The molecule has 1 heterocycles. The van der Waals surface area contributed by atoms with Gasteiger partial charge in [0, 0.05) is 6.92 Å². The number of primary sulfonamides is 1. The average molecular weight is 526 g/mol. The van der Waals surface area contributed by atoms with E-state index in [0.29, 0.717) is 0 Å². The second-order valence-corrected chi connectivity index (χ2v) is 9.16. The minimum atomic E-state index is -4.56. The maximum atomic E-state index is 12.8. The lowest BCUT2D eigenvalue weighted by molar-refractivity contribution is -0.278. The summed E-state index contributed by atoms with van der Waals surface area (Å²) in [4.78, 5) is 35.1. The third-order valence-corrected chi connectivity index (χ3v) is 5.82. The van der Waals surface area contributed by atoms with E-state index in [2.05, 4.69) is 5.32 Å². The molecule has 1 aliphatic rings. The summed E-state index contributed by atoms with van der Waals surface area (Å²) in [5.74, 6) is -3.95. The summed E-state index contributed by atoms with van der Waals surface area (Å²) in [6.45, 7) is 1.11. The number of ether oxygens (including phenoxy) is 3. The zero-order chi connectivity index (χ0) is 26.8. The lowest BCUT2D eigenvalue weighted by Crippen LogP contribution is -2.60. The van der Waals surface area contributed by atoms with Crippen molar-refractivity contribution in [2.45, 2.75) is 42.5 Å². The molecule has 0 radical (unpaired) electrons. The molecule has 0 aromatic heterocycles. The minimum Gasteiger partial charge on any atom is -0.479 e. The number of benzene rings is 2. The van der Waals surface area contributed by atoms with Crippen molar-refractivity contribution in [2.75, 3.05) is 5.32 Å². The number of hydrogen-bond acceptors (Lipinski definition) is 11. The van der Waals surface area contributed by atoms with E-state index in [0.717, 1.165) is 19.1 Å². The van der Waals surface area contributed by atoms with Crippen LogP contribution >= 0.6 is 0 Å². The number of carboxylic acids is 1. The Morgan fingerprint density at radius 1 is 1.03 bits per heavy atom. The van der Waals surface area contributed by atoms with Crippen LogP contribution in [0.25, 0.3) is 0 Å². The molecule has 0 spiro atoms. The first-order valence-electron chi connectivity index (χ1n) is 10.1.